The summed E-state index contributed by atoms with van der Waals surface area (Å²) in [5, 5.41) is 18.8. The molecule has 0 aliphatic carbocycles. The zero-order valence-corrected chi connectivity index (χ0v) is 20.4. The molecular weight excluding hydrogens is 454 g/mol. The molecule has 1 unspecified atom stereocenters. The number of nitrogens with one attached hydrogen (secondary N) is 1. The van der Waals surface area contributed by atoms with Crippen molar-refractivity contribution in [1.82, 2.24) is 15.5 Å². The molecule has 3 aromatic heterocycles. The van der Waals surface area contributed by atoms with Gasteiger partial charge >= 0.3 is 0 Å². The molecule has 5 aromatic rings. The van der Waals surface area contributed by atoms with Gasteiger partial charge in [-0.25, -0.2) is 0 Å². The summed E-state index contributed by atoms with van der Waals surface area (Å²) in [6.07, 6.45) is 2.77. The van der Waals surface area contributed by atoms with Gasteiger partial charge in [0.2, 0.25) is 5.91 Å². The van der Waals surface area contributed by atoms with Gasteiger partial charge in [-0.3, -0.25) is 9.78 Å². The molecule has 0 spiro atoms. The van der Waals surface area contributed by atoms with Crippen molar-refractivity contribution in [2.75, 3.05) is 0 Å². The zero-order valence-electron chi connectivity index (χ0n) is 20.4. The first-order chi connectivity index (χ1) is 17.4. The van der Waals surface area contributed by atoms with E-state index in [4.69, 9.17) is 8.94 Å². The van der Waals surface area contributed by atoms with Gasteiger partial charge in [-0.15, -0.1) is 0 Å². The molecule has 0 aliphatic heterocycles. The first kappa shape index (κ1) is 23.5. The van der Waals surface area contributed by atoms with E-state index < -0.39 is 6.10 Å². The van der Waals surface area contributed by atoms with Gasteiger partial charge < -0.3 is 19.4 Å². The Kier molecular flexibility index (Phi) is 6.40. The van der Waals surface area contributed by atoms with Crippen LogP contribution >= 0.6 is 0 Å². The standard InChI is InChI=1S/C29H27N3O4/c1-17-16-30-12-11-23(17)28(21-7-5-4-6-8-21)31-26(33)14-20-9-10-24-22(13-20)15-25(35-24)29(34)27-18(2)32-36-19(27)3/h4-13,15-16,28-29,34H,14H2,1-3H3,(H,31,33)/t28?,29-/m1/s1. The van der Waals surface area contributed by atoms with Crippen molar-refractivity contribution in [1.29, 1.82) is 0 Å². The largest absolute Gasteiger partial charge is 0.458 e. The van der Waals surface area contributed by atoms with E-state index in [0.29, 0.717) is 28.4 Å². The van der Waals surface area contributed by atoms with Gasteiger partial charge in [0.25, 0.3) is 0 Å². The molecule has 0 bridgehead atoms. The number of aliphatic hydroxyl groups is 1. The molecule has 0 radical (unpaired) electrons. The third-order valence-electron chi connectivity index (χ3n) is 6.41. The van der Waals surface area contributed by atoms with Gasteiger partial charge in [0.15, 0.2) is 0 Å². The third-order valence-corrected chi connectivity index (χ3v) is 6.41. The molecule has 3 heterocycles. The van der Waals surface area contributed by atoms with Crippen LogP contribution in [0.1, 0.15) is 57.2 Å². The molecular formula is C29H27N3O4. The van der Waals surface area contributed by atoms with Crippen LogP contribution < -0.4 is 5.32 Å². The first-order valence-electron chi connectivity index (χ1n) is 11.8. The van der Waals surface area contributed by atoms with Crippen molar-refractivity contribution in [2.24, 2.45) is 0 Å². The highest BCUT2D eigenvalue weighted by Gasteiger charge is 2.24. The van der Waals surface area contributed by atoms with E-state index in [1.165, 1.54) is 0 Å². The van der Waals surface area contributed by atoms with Gasteiger partial charge in [0, 0.05) is 17.8 Å². The maximum Gasteiger partial charge on any atom is 0.225 e. The molecule has 7 nitrogen and oxygen atoms in total. The van der Waals surface area contributed by atoms with Crippen molar-refractivity contribution in [3.05, 3.63) is 118 Å². The van der Waals surface area contributed by atoms with Crippen LogP contribution in [-0.2, 0) is 11.2 Å². The fourth-order valence-corrected chi connectivity index (χ4v) is 4.57. The Bertz CT molecular complexity index is 1500. The fraction of sp³-hybridized carbons (Fsp3) is 0.207. The molecule has 2 atom stereocenters. The number of benzene rings is 2. The van der Waals surface area contributed by atoms with Crippen molar-refractivity contribution < 1.29 is 18.8 Å². The molecule has 1 amide bonds. The molecule has 5 rings (SSSR count). The molecule has 2 N–H and O–H groups in total. The molecule has 0 fully saturated rings. The fourth-order valence-electron chi connectivity index (χ4n) is 4.57. The van der Waals surface area contributed by atoms with Gasteiger partial charge in [0.1, 0.15) is 23.2 Å². The van der Waals surface area contributed by atoms with E-state index in [1.54, 1.807) is 32.3 Å². The molecule has 7 heteroatoms. The summed E-state index contributed by atoms with van der Waals surface area (Å²) in [7, 11) is 0. The maximum atomic E-state index is 13.2. The third kappa shape index (κ3) is 4.65. The van der Waals surface area contributed by atoms with Crippen LogP contribution in [0.5, 0.6) is 0 Å². The predicted octanol–water partition coefficient (Wildman–Crippen LogP) is 5.27. The average molecular weight is 482 g/mol. The number of hydrogen-bond donors (Lipinski definition) is 2. The predicted molar refractivity (Wildman–Crippen MR) is 135 cm³/mol. The summed E-state index contributed by atoms with van der Waals surface area (Å²) in [6, 6.07) is 19.0. The second kappa shape index (κ2) is 9.79. The minimum absolute atomic E-state index is 0.0983. The Labute approximate surface area is 208 Å². The number of fused-ring (bicyclic) bond motifs is 1. The summed E-state index contributed by atoms with van der Waals surface area (Å²) >= 11 is 0. The monoisotopic (exact) mass is 481 g/mol. The number of hydrogen-bond acceptors (Lipinski definition) is 6. The number of aliphatic hydroxyl groups excluding tert-OH is 1. The highest BCUT2D eigenvalue weighted by molar-refractivity contribution is 5.83. The average Bonchev–Trinajstić information content (AvgIpc) is 3.45. The number of carbonyl (C=O) groups excluding carboxylic acids is 1. The van der Waals surface area contributed by atoms with Crippen LogP contribution in [0.4, 0.5) is 0 Å². The van der Waals surface area contributed by atoms with Crippen LogP contribution in [0.15, 0.2) is 82.0 Å². The van der Waals surface area contributed by atoms with E-state index >= 15 is 0 Å². The van der Waals surface area contributed by atoms with Gasteiger partial charge in [-0.05, 0) is 67.3 Å². The Morgan fingerprint density at radius 3 is 2.58 bits per heavy atom. The van der Waals surface area contributed by atoms with Crippen molar-refractivity contribution in [3.8, 4) is 0 Å². The van der Waals surface area contributed by atoms with E-state index in [0.717, 1.165) is 27.6 Å². The Hall–Kier alpha value is -4.23. The molecule has 36 heavy (non-hydrogen) atoms. The molecule has 0 aliphatic rings. The molecule has 0 saturated carbocycles. The quantitative estimate of drug-likeness (QED) is 0.328. The van der Waals surface area contributed by atoms with Gasteiger partial charge in [0.05, 0.1) is 23.7 Å². The lowest BCUT2D eigenvalue weighted by molar-refractivity contribution is -0.120. The van der Waals surface area contributed by atoms with E-state index in [1.807, 2.05) is 61.5 Å². The number of nitrogens with zero attached hydrogens (tertiary/aromatic N) is 2. The molecule has 182 valence electrons. The number of furan rings is 1. The Balaban J connectivity index is 1.37. The van der Waals surface area contributed by atoms with Crippen molar-refractivity contribution in [3.63, 3.8) is 0 Å². The van der Waals surface area contributed by atoms with E-state index in [2.05, 4.69) is 15.5 Å². The van der Waals surface area contributed by atoms with Crippen LogP contribution in [0.2, 0.25) is 0 Å². The highest BCUT2D eigenvalue weighted by Crippen LogP contribution is 2.32. The summed E-state index contributed by atoms with van der Waals surface area (Å²) in [5.74, 6) is 0.854. The van der Waals surface area contributed by atoms with Crippen LogP contribution in [0.25, 0.3) is 11.0 Å². The minimum Gasteiger partial charge on any atom is -0.458 e. The van der Waals surface area contributed by atoms with Crippen LogP contribution in [0, 0.1) is 20.8 Å². The molecule has 2 aromatic carbocycles. The molecule has 0 saturated heterocycles. The summed E-state index contributed by atoms with van der Waals surface area (Å²) < 4.78 is 11.1. The lowest BCUT2D eigenvalue weighted by atomic mass is 9.96. The van der Waals surface area contributed by atoms with E-state index in [-0.39, 0.29) is 18.4 Å². The zero-order chi connectivity index (χ0) is 25.2. The van der Waals surface area contributed by atoms with Crippen LogP contribution in [0.3, 0.4) is 0 Å². The number of aromatic nitrogens is 2. The summed E-state index contributed by atoms with van der Waals surface area (Å²) in [6.45, 7) is 5.53. The lowest BCUT2D eigenvalue weighted by Gasteiger charge is -2.21. The van der Waals surface area contributed by atoms with Crippen molar-refractivity contribution in [2.45, 2.75) is 39.3 Å². The maximum absolute atomic E-state index is 13.2. The Morgan fingerprint density at radius 2 is 1.86 bits per heavy atom. The lowest BCUT2D eigenvalue weighted by Crippen LogP contribution is -2.31. The smallest absolute Gasteiger partial charge is 0.225 e. The second-order valence-electron chi connectivity index (χ2n) is 8.98. The van der Waals surface area contributed by atoms with Gasteiger partial charge in [-0.1, -0.05) is 41.6 Å². The van der Waals surface area contributed by atoms with E-state index in [9.17, 15) is 9.90 Å². The number of rotatable bonds is 7. The summed E-state index contributed by atoms with van der Waals surface area (Å²) in [5.41, 5.74) is 5.72. The number of carbonyl (C=O) groups is 1. The topological polar surface area (TPSA) is 101 Å². The number of aryl methyl sites for hydroxylation is 3. The number of amides is 1. The SMILES string of the molecule is Cc1cnccc1C(NC(=O)Cc1ccc2oc([C@@H](O)c3c(C)noc3C)cc2c1)c1ccccc1. The Morgan fingerprint density at radius 1 is 1.06 bits per heavy atom. The summed E-state index contributed by atoms with van der Waals surface area (Å²) in [4.78, 5) is 17.3. The van der Waals surface area contributed by atoms with Gasteiger partial charge in [-0.2, -0.15) is 0 Å². The highest BCUT2D eigenvalue weighted by atomic mass is 16.5. The van der Waals surface area contributed by atoms with Crippen LogP contribution in [-0.4, -0.2) is 21.2 Å². The van der Waals surface area contributed by atoms with Crippen molar-refractivity contribution >= 4 is 16.9 Å². The second-order valence-corrected chi connectivity index (χ2v) is 8.98. The number of pyridine rings is 1. The normalized spacial score (nSPS) is 13.0. The first-order valence-corrected chi connectivity index (χ1v) is 11.8. The minimum atomic E-state index is -0.981.